The summed E-state index contributed by atoms with van der Waals surface area (Å²) in [7, 11) is 4.17. The van der Waals surface area contributed by atoms with Crippen molar-refractivity contribution in [2.45, 2.75) is 19.4 Å². The van der Waals surface area contributed by atoms with E-state index in [1.807, 2.05) is 6.21 Å². The highest BCUT2D eigenvalue weighted by molar-refractivity contribution is 5.92. The van der Waals surface area contributed by atoms with Crippen LogP contribution in [0.5, 0.6) is 0 Å². The largest absolute Gasteiger partial charge is 0.377 e. The lowest BCUT2D eigenvalue weighted by Gasteiger charge is -2.31. The molecule has 1 saturated heterocycles. The van der Waals surface area contributed by atoms with Gasteiger partial charge < -0.3 is 4.90 Å². The Hall–Kier alpha value is -2.73. The van der Waals surface area contributed by atoms with Crippen molar-refractivity contribution in [1.29, 1.82) is 0 Å². The quantitative estimate of drug-likeness (QED) is 0.632. The number of aromatic nitrogens is 1. The molecular weight excluding hydrogens is 338 g/mol. The molecular formula is C21H27N5O. The number of hydrogen-bond acceptors (Lipinski definition) is 5. The van der Waals surface area contributed by atoms with Crippen LogP contribution in [0.25, 0.3) is 0 Å². The molecule has 1 fully saturated rings. The molecule has 1 amide bonds. The number of rotatable bonds is 6. The highest BCUT2D eigenvalue weighted by Crippen LogP contribution is 2.23. The summed E-state index contributed by atoms with van der Waals surface area (Å²) in [4.78, 5) is 20.6. The molecule has 0 saturated carbocycles. The number of para-hydroxylation sites is 1. The predicted octanol–water partition coefficient (Wildman–Crippen LogP) is 2.78. The SMILES string of the molecule is CN(C)c1ccccc1CN1CCC(C=NNC(=O)c2ccccn2)CC1. The van der Waals surface area contributed by atoms with E-state index in [1.54, 1.807) is 24.4 Å². The fraction of sp³-hybridized carbons (Fsp3) is 0.381. The number of benzene rings is 1. The zero-order chi connectivity index (χ0) is 19.1. The normalized spacial score (nSPS) is 15.8. The van der Waals surface area contributed by atoms with Crippen LogP contribution >= 0.6 is 0 Å². The molecule has 2 heterocycles. The molecule has 27 heavy (non-hydrogen) atoms. The van der Waals surface area contributed by atoms with Crippen molar-refractivity contribution < 1.29 is 4.79 Å². The van der Waals surface area contributed by atoms with Gasteiger partial charge in [-0.2, -0.15) is 5.10 Å². The van der Waals surface area contributed by atoms with Crippen molar-refractivity contribution in [2.75, 3.05) is 32.1 Å². The van der Waals surface area contributed by atoms with E-state index in [2.05, 4.69) is 63.7 Å². The van der Waals surface area contributed by atoms with E-state index in [0.29, 0.717) is 11.6 Å². The van der Waals surface area contributed by atoms with Crippen molar-refractivity contribution in [1.82, 2.24) is 15.3 Å². The van der Waals surface area contributed by atoms with E-state index >= 15 is 0 Å². The van der Waals surface area contributed by atoms with E-state index in [1.165, 1.54) is 11.3 Å². The lowest BCUT2D eigenvalue weighted by atomic mass is 9.97. The summed E-state index contributed by atoms with van der Waals surface area (Å²) in [6.45, 7) is 3.04. The monoisotopic (exact) mass is 365 g/mol. The molecule has 6 heteroatoms. The summed E-state index contributed by atoms with van der Waals surface area (Å²) in [6.07, 6.45) is 5.56. The van der Waals surface area contributed by atoms with Gasteiger partial charge in [-0.05, 0) is 55.6 Å². The van der Waals surface area contributed by atoms with Crippen LogP contribution in [0.4, 0.5) is 5.69 Å². The Labute approximate surface area is 160 Å². The lowest BCUT2D eigenvalue weighted by molar-refractivity contribution is 0.0949. The first-order chi connectivity index (χ1) is 13.1. The van der Waals surface area contributed by atoms with E-state index < -0.39 is 0 Å². The van der Waals surface area contributed by atoms with Crippen LogP contribution in [0.2, 0.25) is 0 Å². The Balaban J connectivity index is 1.46. The van der Waals surface area contributed by atoms with Gasteiger partial charge in [-0.3, -0.25) is 14.7 Å². The minimum absolute atomic E-state index is 0.274. The molecule has 142 valence electrons. The second kappa shape index (κ2) is 9.28. The molecule has 0 radical (unpaired) electrons. The number of nitrogens with zero attached hydrogens (tertiary/aromatic N) is 4. The van der Waals surface area contributed by atoms with Crippen molar-refractivity contribution in [3.8, 4) is 0 Å². The number of hydrazone groups is 1. The molecule has 3 rings (SSSR count). The van der Waals surface area contributed by atoms with Gasteiger partial charge in [-0.25, -0.2) is 5.43 Å². The average molecular weight is 365 g/mol. The van der Waals surface area contributed by atoms with Gasteiger partial charge >= 0.3 is 0 Å². The number of likely N-dealkylation sites (tertiary alicyclic amines) is 1. The first-order valence-electron chi connectivity index (χ1n) is 9.35. The summed E-state index contributed by atoms with van der Waals surface area (Å²) in [5.74, 6) is 0.124. The Morgan fingerprint density at radius 1 is 1.22 bits per heavy atom. The minimum atomic E-state index is -0.274. The van der Waals surface area contributed by atoms with Gasteiger partial charge in [0.2, 0.25) is 0 Å². The molecule has 0 spiro atoms. The molecule has 1 aromatic heterocycles. The molecule has 2 aromatic rings. The summed E-state index contributed by atoms with van der Waals surface area (Å²) in [5.41, 5.74) is 5.58. The number of nitrogens with one attached hydrogen (secondary N) is 1. The molecule has 0 atom stereocenters. The van der Waals surface area contributed by atoms with Crippen LogP contribution < -0.4 is 10.3 Å². The third kappa shape index (κ3) is 5.37. The molecule has 0 aliphatic carbocycles. The van der Waals surface area contributed by atoms with Crippen LogP contribution in [0.3, 0.4) is 0 Å². The lowest BCUT2D eigenvalue weighted by Crippen LogP contribution is -2.34. The number of anilines is 1. The second-order valence-electron chi connectivity index (χ2n) is 7.07. The Bertz CT molecular complexity index is 767. The summed E-state index contributed by atoms with van der Waals surface area (Å²) < 4.78 is 0. The van der Waals surface area contributed by atoms with E-state index in [4.69, 9.17) is 0 Å². The standard InChI is InChI=1S/C21H27N5O/c1-25(2)20-9-4-3-7-18(20)16-26-13-10-17(11-14-26)15-23-24-21(27)19-8-5-6-12-22-19/h3-9,12,15,17H,10-11,13-14,16H2,1-2H3,(H,24,27). The van der Waals surface area contributed by atoms with Gasteiger partial charge in [0, 0.05) is 38.7 Å². The van der Waals surface area contributed by atoms with Gasteiger partial charge in [0.25, 0.3) is 5.91 Å². The van der Waals surface area contributed by atoms with Crippen molar-refractivity contribution in [2.24, 2.45) is 11.0 Å². The van der Waals surface area contributed by atoms with Gasteiger partial charge in [0.15, 0.2) is 0 Å². The summed E-state index contributed by atoms with van der Waals surface area (Å²) in [6, 6.07) is 13.8. The average Bonchev–Trinajstić information content (AvgIpc) is 2.70. The summed E-state index contributed by atoms with van der Waals surface area (Å²) in [5, 5.41) is 4.13. The first kappa shape index (κ1) is 19.0. The van der Waals surface area contributed by atoms with Crippen LogP contribution in [0, 0.1) is 5.92 Å². The zero-order valence-corrected chi connectivity index (χ0v) is 16.0. The van der Waals surface area contributed by atoms with Gasteiger partial charge in [-0.15, -0.1) is 0 Å². The number of amides is 1. The van der Waals surface area contributed by atoms with Crippen LogP contribution in [0.1, 0.15) is 28.9 Å². The number of hydrogen-bond donors (Lipinski definition) is 1. The Morgan fingerprint density at radius 3 is 2.67 bits per heavy atom. The van der Waals surface area contributed by atoms with Crippen molar-refractivity contribution in [3.63, 3.8) is 0 Å². The maximum Gasteiger partial charge on any atom is 0.289 e. The Morgan fingerprint density at radius 2 is 1.96 bits per heavy atom. The molecule has 6 nitrogen and oxygen atoms in total. The second-order valence-corrected chi connectivity index (χ2v) is 7.07. The number of piperidine rings is 1. The van der Waals surface area contributed by atoms with E-state index in [0.717, 1.165) is 32.5 Å². The number of carbonyl (C=O) groups is 1. The highest BCUT2D eigenvalue weighted by Gasteiger charge is 2.19. The molecule has 1 aliphatic heterocycles. The molecule has 1 N–H and O–H groups in total. The molecule has 1 aliphatic rings. The highest BCUT2D eigenvalue weighted by atomic mass is 16.2. The third-order valence-corrected chi connectivity index (χ3v) is 4.85. The topological polar surface area (TPSA) is 60.8 Å². The van der Waals surface area contributed by atoms with Crippen LogP contribution in [-0.4, -0.2) is 49.2 Å². The van der Waals surface area contributed by atoms with Gasteiger partial charge in [0.1, 0.15) is 5.69 Å². The van der Waals surface area contributed by atoms with E-state index in [9.17, 15) is 4.79 Å². The maximum absolute atomic E-state index is 11.9. The fourth-order valence-electron chi connectivity index (χ4n) is 3.34. The van der Waals surface area contributed by atoms with Crippen molar-refractivity contribution >= 4 is 17.8 Å². The zero-order valence-electron chi connectivity index (χ0n) is 16.0. The fourth-order valence-corrected chi connectivity index (χ4v) is 3.34. The Kier molecular flexibility index (Phi) is 6.54. The smallest absolute Gasteiger partial charge is 0.289 e. The van der Waals surface area contributed by atoms with E-state index in [-0.39, 0.29) is 5.91 Å². The number of pyridine rings is 1. The molecule has 0 bridgehead atoms. The maximum atomic E-state index is 11.9. The number of carbonyl (C=O) groups excluding carboxylic acids is 1. The minimum Gasteiger partial charge on any atom is -0.377 e. The predicted molar refractivity (Wildman–Crippen MR) is 109 cm³/mol. The summed E-state index contributed by atoms with van der Waals surface area (Å²) >= 11 is 0. The van der Waals surface area contributed by atoms with Crippen molar-refractivity contribution in [3.05, 3.63) is 59.9 Å². The molecule has 1 aromatic carbocycles. The van der Waals surface area contributed by atoms with Gasteiger partial charge in [0.05, 0.1) is 0 Å². The van der Waals surface area contributed by atoms with Gasteiger partial charge in [-0.1, -0.05) is 24.3 Å². The molecule has 0 unspecified atom stereocenters. The van der Waals surface area contributed by atoms with Crippen LogP contribution in [-0.2, 0) is 6.54 Å². The first-order valence-corrected chi connectivity index (χ1v) is 9.35. The van der Waals surface area contributed by atoms with Crippen LogP contribution in [0.15, 0.2) is 53.8 Å². The third-order valence-electron chi connectivity index (χ3n) is 4.85.